The fourth-order valence-electron chi connectivity index (χ4n) is 4.24. The monoisotopic (exact) mass is 581 g/mol. The Morgan fingerprint density at radius 2 is 1.89 bits per heavy atom. The third-order valence-electron chi connectivity index (χ3n) is 6.21. The fraction of sp³-hybridized carbons (Fsp3) is 0.500. The van der Waals surface area contributed by atoms with Crippen LogP contribution in [0.5, 0.6) is 6.01 Å². The molecule has 0 aliphatic carbocycles. The highest BCUT2D eigenvalue weighted by Crippen LogP contribution is 2.34. The van der Waals surface area contributed by atoms with Gasteiger partial charge in [0.1, 0.15) is 30.6 Å². The van der Waals surface area contributed by atoms with Crippen molar-refractivity contribution >= 4 is 46.8 Å². The summed E-state index contributed by atoms with van der Waals surface area (Å²) >= 11 is 10.1. The summed E-state index contributed by atoms with van der Waals surface area (Å²) in [6.45, 7) is 8.39. The first-order valence-electron chi connectivity index (χ1n) is 11.7. The molecule has 4 atom stereocenters. The molecule has 3 aromatic rings. The molecule has 0 radical (unpaired) electrons. The maximum absolute atomic E-state index is 10.1. The van der Waals surface area contributed by atoms with Gasteiger partial charge in [-0.1, -0.05) is 59.3 Å². The Labute approximate surface area is 218 Å². The molecule has 2 saturated heterocycles. The Morgan fingerprint density at radius 3 is 2.63 bits per heavy atom. The van der Waals surface area contributed by atoms with Crippen molar-refractivity contribution < 1.29 is 24.1 Å². The lowest BCUT2D eigenvalue weighted by atomic mass is 10.1. The van der Waals surface area contributed by atoms with Crippen molar-refractivity contribution in [3.8, 4) is 17.3 Å². The van der Waals surface area contributed by atoms with E-state index >= 15 is 0 Å². The summed E-state index contributed by atoms with van der Waals surface area (Å²) in [5.74, 6) is 0. The first-order chi connectivity index (χ1) is 16.7. The molecule has 3 unspecified atom stereocenters. The second-order valence-electron chi connectivity index (χ2n) is 10.2. The molecule has 8 nitrogen and oxygen atoms in total. The molecule has 188 valence electrons. The number of aliphatic hydroxyl groups is 1. The average Bonchev–Trinajstić information content (AvgIpc) is 3.46. The van der Waals surface area contributed by atoms with Crippen LogP contribution in [0.25, 0.3) is 22.4 Å². The van der Waals surface area contributed by atoms with E-state index in [-0.39, 0.29) is 25.5 Å². The average molecular weight is 583 g/mol. The predicted molar refractivity (Wildman–Crippen MR) is 140 cm³/mol. The van der Waals surface area contributed by atoms with Crippen LogP contribution in [-0.4, -0.2) is 72.0 Å². The van der Waals surface area contributed by atoms with Crippen molar-refractivity contribution in [2.45, 2.75) is 56.8 Å². The van der Waals surface area contributed by atoms with Gasteiger partial charge >= 0.3 is 6.01 Å². The molecule has 0 saturated carbocycles. The van der Waals surface area contributed by atoms with Gasteiger partial charge in [-0.3, -0.25) is 4.57 Å². The van der Waals surface area contributed by atoms with Crippen LogP contribution in [0, 0.1) is 0 Å². The Balaban J connectivity index is 1.47. The molecule has 2 fully saturated rings. The predicted octanol–water partition coefficient (Wildman–Crippen LogP) is 4.73. The van der Waals surface area contributed by atoms with Crippen molar-refractivity contribution in [1.29, 1.82) is 0 Å². The van der Waals surface area contributed by atoms with Crippen molar-refractivity contribution in [2.24, 2.45) is 0 Å². The second kappa shape index (κ2) is 10.1. The van der Waals surface area contributed by atoms with E-state index in [0.29, 0.717) is 41.1 Å². The minimum atomic E-state index is -1.24. The molecule has 1 aromatic carbocycles. The molecule has 2 aliphatic rings. The molecule has 0 amide bonds. The summed E-state index contributed by atoms with van der Waals surface area (Å²) < 4.78 is 26.6. The number of aromatic nitrogens is 3. The van der Waals surface area contributed by atoms with Crippen LogP contribution < -0.4 is 4.74 Å². The highest BCUT2D eigenvalue weighted by molar-refractivity contribution is 9.10. The van der Waals surface area contributed by atoms with Gasteiger partial charge in [0.2, 0.25) is 0 Å². The number of aliphatic hydroxyl groups excluding tert-OH is 1. The van der Waals surface area contributed by atoms with E-state index in [1.807, 2.05) is 28.8 Å². The molecule has 0 spiro atoms. The number of halogens is 2. The van der Waals surface area contributed by atoms with E-state index < -0.39 is 20.3 Å². The van der Waals surface area contributed by atoms with Gasteiger partial charge in [-0.15, -0.1) is 0 Å². The van der Waals surface area contributed by atoms with Crippen LogP contribution in [0.4, 0.5) is 0 Å². The number of fused-ring (bicyclic) bond motifs is 2. The number of imidazole rings is 1. The second-order valence-corrected chi connectivity index (χ2v) is 17.1. The lowest BCUT2D eigenvalue weighted by molar-refractivity contribution is 0.00336. The molecule has 5 rings (SSSR count). The molecule has 2 aliphatic heterocycles. The van der Waals surface area contributed by atoms with Crippen LogP contribution in [0.2, 0.25) is 30.7 Å². The van der Waals surface area contributed by atoms with Gasteiger partial charge in [-0.2, -0.15) is 4.98 Å². The first-order valence-corrected chi connectivity index (χ1v) is 16.6. The zero-order valence-electron chi connectivity index (χ0n) is 19.9. The van der Waals surface area contributed by atoms with Crippen molar-refractivity contribution in [1.82, 2.24) is 14.5 Å². The standard InChI is InChI=1S/C24H29BrClN3O5Si/c1-35(2,3)9-8-31-13-29-23-17(10-16(26)20(28-23)14-4-6-15(25)7-5-14)27-24(29)34-19-12-33-21-18(30)11-32-22(19)21/h4-7,10,18-19,21-22,30H,8-9,11-13H2,1-3H3/t18?,19?,21?,22-/m1/s1. The molecular formula is C24H29BrClN3O5Si. The van der Waals surface area contributed by atoms with E-state index in [4.69, 9.17) is 35.5 Å². The summed E-state index contributed by atoms with van der Waals surface area (Å²) in [7, 11) is -1.24. The normalized spacial score (nSPS) is 24.3. The van der Waals surface area contributed by atoms with E-state index in [0.717, 1.165) is 16.1 Å². The molecule has 4 heterocycles. The maximum atomic E-state index is 10.1. The Hall–Kier alpha value is -1.53. The number of rotatable bonds is 8. The van der Waals surface area contributed by atoms with Gasteiger partial charge in [-0.05, 0) is 24.2 Å². The zero-order chi connectivity index (χ0) is 24.7. The molecular weight excluding hydrogens is 554 g/mol. The summed E-state index contributed by atoms with van der Waals surface area (Å²) in [5, 5.41) is 10.6. The van der Waals surface area contributed by atoms with Gasteiger partial charge in [0.25, 0.3) is 0 Å². The highest BCUT2D eigenvalue weighted by atomic mass is 79.9. The third-order valence-corrected chi connectivity index (χ3v) is 8.73. The summed E-state index contributed by atoms with van der Waals surface area (Å²) in [6, 6.07) is 11.0. The third kappa shape index (κ3) is 5.43. The van der Waals surface area contributed by atoms with E-state index in [2.05, 4.69) is 40.6 Å². The van der Waals surface area contributed by atoms with Gasteiger partial charge in [0, 0.05) is 24.7 Å². The highest BCUT2D eigenvalue weighted by Gasteiger charge is 2.48. The van der Waals surface area contributed by atoms with Gasteiger partial charge < -0.3 is 24.1 Å². The van der Waals surface area contributed by atoms with Crippen molar-refractivity contribution in [3.63, 3.8) is 0 Å². The largest absolute Gasteiger partial charge is 0.456 e. The Kier molecular flexibility index (Phi) is 7.24. The lowest BCUT2D eigenvalue weighted by Gasteiger charge is -2.19. The molecule has 2 aromatic heterocycles. The number of ether oxygens (including phenoxy) is 4. The minimum Gasteiger partial charge on any atom is -0.456 e. The van der Waals surface area contributed by atoms with Crippen LogP contribution in [0.1, 0.15) is 0 Å². The van der Waals surface area contributed by atoms with Gasteiger partial charge in [-0.25, -0.2) is 4.98 Å². The van der Waals surface area contributed by atoms with Crippen molar-refractivity contribution in [2.75, 3.05) is 19.8 Å². The number of nitrogens with zero attached hydrogens (tertiary/aromatic N) is 3. The van der Waals surface area contributed by atoms with Gasteiger partial charge in [0.05, 0.1) is 23.9 Å². The van der Waals surface area contributed by atoms with Crippen LogP contribution in [0.15, 0.2) is 34.8 Å². The molecule has 35 heavy (non-hydrogen) atoms. The Morgan fingerprint density at radius 1 is 1.14 bits per heavy atom. The molecule has 11 heteroatoms. The summed E-state index contributed by atoms with van der Waals surface area (Å²) in [6.07, 6.45) is -1.77. The lowest BCUT2D eigenvalue weighted by Crippen LogP contribution is -2.35. The smallest absolute Gasteiger partial charge is 0.301 e. The van der Waals surface area contributed by atoms with Crippen LogP contribution in [-0.2, 0) is 20.9 Å². The summed E-state index contributed by atoms with van der Waals surface area (Å²) in [4.78, 5) is 9.56. The zero-order valence-corrected chi connectivity index (χ0v) is 23.3. The maximum Gasteiger partial charge on any atom is 0.301 e. The number of hydrogen-bond donors (Lipinski definition) is 1. The summed E-state index contributed by atoms with van der Waals surface area (Å²) in [5.41, 5.74) is 2.80. The van der Waals surface area contributed by atoms with E-state index in [1.54, 1.807) is 6.07 Å². The SMILES string of the molecule is C[Si](C)(C)CCOCn1c(OC2COC3C(O)CO[C@H]23)nc2cc(Cl)c(-c3ccc(Br)cc3)nc21. The van der Waals surface area contributed by atoms with Crippen LogP contribution >= 0.6 is 27.5 Å². The fourth-order valence-corrected chi connectivity index (χ4v) is 5.51. The minimum absolute atomic E-state index is 0.235. The number of hydrogen-bond acceptors (Lipinski definition) is 7. The number of benzene rings is 1. The van der Waals surface area contributed by atoms with Gasteiger partial charge in [0.15, 0.2) is 11.8 Å². The topological polar surface area (TPSA) is 87.9 Å². The van der Waals surface area contributed by atoms with E-state index in [9.17, 15) is 5.11 Å². The van der Waals surface area contributed by atoms with Crippen LogP contribution in [0.3, 0.4) is 0 Å². The Bertz CT molecular complexity index is 1200. The molecule has 0 bridgehead atoms. The first kappa shape index (κ1) is 25.1. The van der Waals surface area contributed by atoms with Crippen molar-refractivity contribution in [3.05, 3.63) is 39.8 Å². The van der Waals surface area contributed by atoms with E-state index in [1.165, 1.54) is 0 Å². The quantitative estimate of drug-likeness (QED) is 0.303. The number of pyridine rings is 1. The molecule has 1 N–H and O–H groups in total.